The van der Waals surface area contributed by atoms with Crippen LogP contribution in [0.25, 0.3) is 0 Å². The molecule has 0 spiro atoms. The van der Waals surface area contributed by atoms with E-state index in [9.17, 15) is 8.42 Å². The highest BCUT2D eigenvalue weighted by Gasteiger charge is 2.16. The zero-order chi connectivity index (χ0) is 20.9. The fourth-order valence-corrected chi connectivity index (χ4v) is 4.87. The maximum atomic E-state index is 12.5. The quantitative estimate of drug-likeness (QED) is 0.614. The van der Waals surface area contributed by atoms with Gasteiger partial charge in [0, 0.05) is 17.1 Å². The summed E-state index contributed by atoms with van der Waals surface area (Å²) >= 11 is 1.76. The molecule has 2 aromatic carbocycles. The van der Waals surface area contributed by atoms with Gasteiger partial charge in [-0.25, -0.2) is 8.42 Å². The Morgan fingerprint density at radius 2 is 1.82 bits per heavy atom. The first-order chi connectivity index (χ1) is 13.1. The maximum absolute atomic E-state index is 12.5. The van der Waals surface area contributed by atoms with Crippen LogP contribution in [-0.4, -0.2) is 33.7 Å². The number of nitrogens with zero attached hydrogens (tertiary/aromatic N) is 1. The van der Waals surface area contributed by atoms with Crippen LogP contribution < -0.4 is 4.72 Å². The fraction of sp³-hybridized carbons (Fsp3) is 0.364. The second-order valence-corrected chi connectivity index (χ2v) is 9.89. The van der Waals surface area contributed by atoms with Gasteiger partial charge in [0.2, 0.25) is 0 Å². The van der Waals surface area contributed by atoms with Crippen LogP contribution in [0.3, 0.4) is 0 Å². The molecule has 1 N–H and O–H groups in total. The lowest BCUT2D eigenvalue weighted by Crippen LogP contribution is -2.22. The Hall–Kier alpha value is -1.76. The summed E-state index contributed by atoms with van der Waals surface area (Å²) in [6, 6.07) is 12.0. The molecule has 0 aromatic heterocycles. The van der Waals surface area contributed by atoms with Crippen molar-refractivity contribution in [3.8, 4) is 0 Å². The number of hydrogen-bond acceptors (Lipinski definition) is 4. The lowest BCUT2D eigenvalue weighted by atomic mass is 9.99. The molecular weight excluding hydrogens is 388 g/mol. The van der Waals surface area contributed by atoms with Gasteiger partial charge in [-0.15, -0.1) is 11.8 Å². The van der Waals surface area contributed by atoms with E-state index in [-0.39, 0.29) is 4.90 Å². The van der Waals surface area contributed by atoms with Crippen LogP contribution in [0.1, 0.15) is 29.2 Å². The molecule has 0 atom stereocenters. The molecule has 152 valence electrons. The van der Waals surface area contributed by atoms with Gasteiger partial charge in [0.25, 0.3) is 10.0 Å². The number of aryl methyl sites for hydroxylation is 3. The number of nitrogens with one attached hydrogen (secondary N) is 1. The van der Waals surface area contributed by atoms with Crippen molar-refractivity contribution in [2.24, 2.45) is 0 Å². The normalized spacial score (nSPS) is 11.6. The second-order valence-electron chi connectivity index (χ2n) is 7.36. The number of thioether (sulfide) groups is 1. The second kappa shape index (κ2) is 9.63. The van der Waals surface area contributed by atoms with E-state index in [2.05, 4.69) is 47.6 Å². The van der Waals surface area contributed by atoms with Crippen molar-refractivity contribution in [1.29, 1.82) is 0 Å². The predicted octanol–water partition coefficient (Wildman–Crippen LogP) is 4.38. The van der Waals surface area contributed by atoms with Crippen LogP contribution in [0, 0.1) is 6.92 Å². The number of rotatable bonds is 9. The van der Waals surface area contributed by atoms with E-state index in [4.69, 9.17) is 0 Å². The molecule has 0 aliphatic carbocycles. The van der Waals surface area contributed by atoms with Gasteiger partial charge in [0.1, 0.15) is 0 Å². The van der Waals surface area contributed by atoms with E-state index >= 15 is 0 Å². The van der Waals surface area contributed by atoms with Crippen LogP contribution in [0.5, 0.6) is 0 Å². The van der Waals surface area contributed by atoms with Crippen molar-refractivity contribution in [3.63, 3.8) is 0 Å². The Kier molecular flexibility index (Phi) is 7.75. The highest BCUT2D eigenvalue weighted by atomic mass is 32.2. The number of sulfonamides is 1. The highest BCUT2D eigenvalue weighted by molar-refractivity contribution is 7.98. The molecular formula is C22H30N2O2S2. The summed E-state index contributed by atoms with van der Waals surface area (Å²) in [6.45, 7) is 8.10. The Balaban J connectivity index is 2.28. The smallest absolute Gasteiger partial charge is 0.261 e. The number of benzene rings is 2. The Morgan fingerprint density at radius 1 is 1.11 bits per heavy atom. The molecule has 2 rings (SSSR count). The van der Waals surface area contributed by atoms with Crippen molar-refractivity contribution in [1.82, 2.24) is 9.62 Å². The molecule has 0 unspecified atom stereocenters. The number of allylic oxidation sites excluding steroid dienone is 1. The van der Waals surface area contributed by atoms with E-state index in [1.807, 2.05) is 20.2 Å². The summed E-state index contributed by atoms with van der Waals surface area (Å²) in [7, 11) is 0.390. The minimum absolute atomic E-state index is 0.274. The molecule has 6 heteroatoms. The average molecular weight is 419 g/mol. The molecule has 0 fully saturated rings. The lowest BCUT2D eigenvalue weighted by Gasteiger charge is -2.17. The van der Waals surface area contributed by atoms with Crippen molar-refractivity contribution < 1.29 is 8.42 Å². The molecule has 0 heterocycles. The summed E-state index contributed by atoms with van der Waals surface area (Å²) < 4.78 is 27.4. The molecule has 2 aromatic rings. The standard InChI is InChI=1S/C22H30N2O2S2/c1-16(2)23-28(25,26)21-11-10-19(20(14-21)15-24(4)5)9-7-18-8-12-22(27-6)17(3)13-18/h8,10-14,23H,1,7,9,15H2,2-6H3. The Labute approximate surface area is 174 Å². The van der Waals surface area contributed by atoms with E-state index < -0.39 is 10.0 Å². The van der Waals surface area contributed by atoms with Gasteiger partial charge in [-0.1, -0.05) is 24.8 Å². The van der Waals surface area contributed by atoms with Crippen LogP contribution in [0.15, 0.2) is 58.5 Å². The SMILES string of the molecule is C=C(C)NS(=O)(=O)c1ccc(CCc2ccc(SC)c(C)c2)c(CN(C)C)c1. The topological polar surface area (TPSA) is 49.4 Å². The van der Waals surface area contributed by atoms with E-state index in [0.29, 0.717) is 12.2 Å². The van der Waals surface area contributed by atoms with Crippen molar-refractivity contribution in [2.45, 2.75) is 43.0 Å². The molecule has 0 saturated heterocycles. The van der Waals surface area contributed by atoms with Crippen LogP contribution >= 0.6 is 11.8 Å². The minimum Gasteiger partial charge on any atom is -0.305 e. The molecule has 0 amide bonds. The van der Waals surface area contributed by atoms with E-state index in [0.717, 1.165) is 18.4 Å². The van der Waals surface area contributed by atoms with Gasteiger partial charge in [0.15, 0.2) is 0 Å². The highest BCUT2D eigenvalue weighted by Crippen LogP contribution is 2.23. The number of hydrogen-bond donors (Lipinski definition) is 1. The largest absolute Gasteiger partial charge is 0.305 e. The monoisotopic (exact) mass is 418 g/mol. The van der Waals surface area contributed by atoms with Gasteiger partial charge in [-0.2, -0.15) is 0 Å². The van der Waals surface area contributed by atoms with Crippen molar-refractivity contribution in [2.75, 3.05) is 20.4 Å². The first-order valence-corrected chi connectivity index (χ1v) is 11.9. The van der Waals surface area contributed by atoms with Gasteiger partial charge >= 0.3 is 0 Å². The molecule has 28 heavy (non-hydrogen) atoms. The van der Waals surface area contributed by atoms with Gasteiger partial charge in [0.05, 0.1) is 4.90 Å². The van der Waals surface area contributed by atoms with Gasteiger partial charge in [-0.05, 0) is 87.5 Å². The Morgan fingerprint density at radius 3 is 2.39 bits per heavy atom. The third kappa shape index (κ3) is 6.12. The van der Waals surface area contributed by atoms with Gasteiger partial charge in [-0.3, -0.25) is 4.72 Å². The average Bonchev–Trinajstić information content (AvgIpc) is 2.59. The molecule has 4 nitrogen and oxygen atoms in total. The lowest BCUT2D eigenvalue weighted by molar-refractivity contribution is 0.400. The summed E-state index contributed by atoms with van der Waals surface area (Å²) in [5.74, 6) is 0. The summed E-state index contributed by atoms with van der Waals surface area (Å²) in [5.41, 5.74) is 5.21. The first-order valence-electron chi connectivity index (χ1n) is 9.20. The molecule has 0 aliphatic heterocycles. The third-order valence-electron chi connectivity index (χ3n) is 4.43. The Bertz CT molecular complexity index is 951. The third-order valence-corrected chi connectivity index (χ3v) is 6.82. The molecule has 0 saturated carbocycles. The summed E-state index contributed by atoms with van der Waals surface area (Å²) in [5, 5.41) is 0. The summed E-state index contributed by atoms with van der Waals surface area (Å²) in [4.78, 5) is 3.63. The molecule has 0 radical (unpaired) electrons. The predicted molar refractivity (Wildman–Crippen MR) is 119 cm³/mol. The van der Waals surface area contributed by atoms with E-state index in [1.165, 1.54) is 21.6 Å². The first kappa shape index (κ1) is 22.5. The van der Waals surface area contributed by atoms with Crippen LogP contribution in [0.4, 0.5) is 0 Å². The van der Waals surface area contributed by atoms with Gasteiger partial charge < -0.3 is 4.90 Å². The van der Waals surface area contributed by atoms with Crippen LogP contribution in [0.2, 0.25) is 0 Å². The maximum Gasteiger partial charge on any atom is 0.261 e. The summed E-state index contributed by atoms with van der Waals surface area (Å²) in [6.07, 6.45) is 3.88. The molecule has 0 bridgehead atoms. The van der Waals surface area contributed by atoms with E-state index in [1.54, 1.807) is 30.8 Å². The van der Waals surface area contributed by atoms with Crippen molar-refractivity contribution >= 4 is 21.8 Å². The van der Waals surface area contributed by atoms with Crippen LogP contribution in [-0.2, 0) is 29.4 Å². The minimum atomic E-state index is -3.59. The zero-order valence-corrected chi connectivity index (χ0v) is 19.0. The fourth-order valence-electron chi connectivity index (χ4n) is 3.16. The van der Waals surface area contributed by atoms with Crippen molar-refractivity contribution in [3.05, 3.63) is 70.9 Å². The zero-order valence-electron chi connectivity index (χ0n) is 17.4. The molecule has 0 aliphatic rings.